The minimum absolute atomic E-state index is 0.000610. The van der Waals surface area contributed by atoms with Gasteiger partial charge in [0.2, 0.25) is 0 Å². The van der Waals surface area contributed by atoms with E-state index in [1.54, 1.807) is 48.5 Å². The van der Waals surface area contributed by atoms with Gasteiger partial charge in [0.05, 0.1) is 4.90 Å². The number of Topliss-reactive ketones (excluding diaryl/α,β-unsaturated/α-hetero) is 1. The molecule has 0 aliphatic carbocycles. The molecule has 0 bridgehead atoms. The molecule has 0 heterocycles. The van der Waals surface area contributed by atoms with Gasteiger partial charge < -0.3 is 5.32 Å². The Hall–Kier alpha value is -3.19. The summed E-state index contributed by atoms with van der Waals surface area (Å²) >= 11 is 0. The number of carbonyl (C=O) groups is 1. The van der Waals surface area contributed by atoms with Gasteiger partial charge in [-0.15, -0.1) is 0 Å². The van der Waals surface area contributed by atoms with Crippen LogP contribution in [0.5, 0.6) is 0 Å². The monoisotopic (exact) mass is 384 g/mol. The van der Waals surface area contributed by atoms with E-state index in [9.17, 15) is 17.6 Å². The summed E-state index contributed by atoms with van der Waals surface area (Å²) in [5.41, 5.74) is 2.58. The van der Waals surface area contributed by atoms with E-state index < -0.39 is 15.8 Å². The van der Waals surface area contributed by atoms with E-state index in [1.165, 1.54) is 19.1 Å². The number of ketones is 1. The van der Waals surface area contributed by atoms with E-state index in [-0.39, 0.29) is 10.7 Å². The molecule has 3 rings (SSSR count). The van der Waals surface area contributed by atoms with E-state index in [0.29, 0.717) is 11.3 Å². The van der Waals surface area contributed by atoms with Crippen molar-refractivity contribution >= 4 is 32.9 Å². The molecule has 0 radical (unpaired) electrons. The van der Waals surface area contributed by atoms with E-state index in [2.05, 4.69) is 10.0 Å². The molecule has 0 saturated heterocycles. The minimum Gasteiger partial charge on any atom is -0.356 e. The van der Waals surface area contributed by atoms with Gasteiger partial charge in [0, 0.05) is 22.6 Å². The molecule has 0 aliphatic rings. The van der Waals surface area contributed by atoms with Crippen LogP contribution >= 0.6 is 0 Å². The van der Waals surface area contributed by atoms with E-state index in [1.807, 2.05) is 0 Å². The second kappa shape index (κ2) is 7.59. The van der Waals surface area contributed by atoms with Gasteiger partial charge in [0.25, 0.3) is 10.0 Å². The minimum atomic E-state index is -3.78. The molecule has 138 valence electrons. The Balaban J connectivity index is 1.69. The topological polar surface area (TPSA) is 75.3 Å². The summed E-state index contributed by atoms with van der Waals surface area (Å²) in [4.78, 5) is 11.3. The van der Waals surface area contributed by atoms with Gasteiger partial charge in [0.1, 0.15) is 5.82 Å². The van der Waals surface area contributed by atoms with Crippen LogP contribution in [0.3, 0.4) is 0 Å². The third-order valence-electron chi connectivity index (χ3n) is 3.84. The Bertz CT molecular complexity index is 1050. The standard InChI is InChI=1S/C20H17FN2O3S/c1-14(24)15-2-6-17(7-3-15)22-18-8-10-19(11-9-18)23-27(25,26)20-12-4-16(21)5-13-20/h2-13,22-23H,1H3. The number of hydrogen-bond donors (Lipinski definition) is 2. The summed E-state index contributed by atoms with van der Waals surface area (Å²) in [6, 6.07) is 18.3. The molecule has 3 aromatic carbocycles. The molecule has 0 fully saturated rings. The van der Waals surface area contributed by atoms with Crippen LogP contribution in [0.1, 0.15) is 17.3 Å². The molecule has 0 aliphatic heterocycles. The average Bonchev–Trinajstić information content (AvgIpc) is 2.64. The third kappa shape index (κ3) is 4.71. The van der Waals surface area contributed by atoms with Crippen molar-refractivity contribution in [2.75, 3.05) is 10.0 Å². The van der Waals surface area contributed by atoms with E-state index in [0.717, 1.165) is 23.5 Å². The van der Waals surface area contributed by atoms with Crippen LogP contribution in [0.4, 0.5) is 21.5 Å². The molecular formula is C20H17FN2O3S. The summed E-state index contributed by atoms with van der Waals surface area (Å²) in [7, 11) is -3.78. The molecule has 5 nitrogen and oxygen atoms in total. The van der Waals surface area contributed by atoms with Gasteiger partial charge in [-0.25, -0.2) is 12.8 Å². The molecule has 7 heteroatoms. The van der Waals surface area contributed by atoms with Crippen LogP contribution in [-0.4, -0.2) is 14.2 Å². The lowest BCUT2D eigenvalue weighted by Crippen LogP contribution is -2.12. The van der Waals surface area contributed by atoms with Crippen molar-refractivity contribution in [3.05, 3.63) is 84.2 Å². The van der Waals surface area contributed by atoms with Crippen LogP contribution in [0.2, 0.25) is 0 Å². The van der Waals surface area contributed by atoms with Crippen LogP contribution in [0.25, 0.3) is 0 Å². The number of carbonyl (C=O) groups excluding carboxylic acids is 1. The van der Waals surface area contributed by atoms with Gasteiger partial charge in [-0.05, 0) is 79.7 Å². The number of nitrogens with one attached hydrogen (secondary N) is 2. The fraction of sp³-hybridized carbons (Fsp3) is 0.0500. The summed E-state index contributed by atoms with van der Waals surface area (Å²) in [6.07, 6.45) is 0. The van der Waals surface area contributed by atoms with E-state index >= 15 is 0 Å². The normalized spacial score (nSPS) is 11.0. The highest BCUT2D eigenvalue weighted by molar-refractivity contribution is 7.92. The largest absolute Gasteiger partial charge is 0.356 e. The maximum absolute atomic E-state index is 12.9. The maximum Gasteiger partial charge on any atom is 0.261 e. The van der Waals surface area contributed by atoms with Crippen LogP contribution < -0.4 is 10.0 Å². The predicted molar refractivity (Wildman–Crippen MR) is 103 cm³/mol. The molecule has 0 saturated carbocycles. The zero-order valence-corrected chi connectivity index (χ0v) is 15.3. The van der Waals surface area contributed by atoms with E-state index in [4.69, 9.17) is 0 Å². The quantitative estimate of drug-likeness (QED) is 0.611. The first kappa shape index (κ1) is 18.6. The highest BCUT2D eigenvalue weighted by Gasteiger charge is 2.14. The number of halogens is 1. The Kier molecular flexibility index (Phi) is 5.23. The molecule has 0 unspecified atom stereocenters. The van der Waals surface area contributed by atoms with Crippen molar-refractivity contribution < 1.29 is 17.6 Å². The van der Waals surface area contributed by atoms with Gasteiger partial charge in [-0.1, -0.05) is 0 Å². The lowest BCUT2D eigenvalue weighted by atomic mass is 10.1. The summed E-state index contributed by atoms with van der Waals surface area (Å²) in [6.45, 7) is 1.51. The summed E-state index contributed by atoms with van der Waals surface area (Å²) in [5, 5.41) is 3.17. The summed E-state index contributed by atoms with van der Waals surface area (Å²) in [5.74, 6) is -0.500. The van der Waals surface area contributed by atoms with Crippen molar-refractivity contribution in [2.45, 2.75) is 11.8 Å². The molecule has 0 aromatic heterocycles. The third-order valence-corrected chi connectivity index (χ3v) is 5.24. The molecule has 2 N–H and O–H groups in total. The Morgan fingerprint density at radius 2 is 1.26 bits per heavy atom. The number of benzene rings is 3. The second-order valence-corrected chi connectivity index (χ2v) is 7.58. The SMILES string of the molecule is CC(=O)c1ccc(Nc2ccc(NS(=O)(=O)c3ccc(F)cc3)cc2)cc1. The Morgan fingerprint density at radius 3 is 1.78 bits per heavy atom. The Labute approximate surface area is 156 Å². The highest BCUT2D eigenvalue weighted by atomic mass is 32.2. The van der Waals surface area contributed by atoms with Crippen LogP contribution in [-0.2, 0) is 10.0 Å². The van der Waals surface area contributed by atoms with Crippen molar-refractivity contribution in [1.29, 1.82) is 0 Å². The molecule has 3 aromatic rings. The van der Waals surface area contributed by atoms with Crippen molar-refractivity contribution in [1.82, 2.24) is 0 Å². The molecule has 27 heavy (non-hydrogen) atoms. The van der Waals surface area contributed by atoms with Gasteiger partial charge in [-0.3, -0.25) is 9.52 Å². The molecular weight excluding hydrogens is 367 g/mol. The van der Waals surface area contributed by atoms with Crippen LogP contribution in [0, 0.1) is 5.82 Å². The fourth-order valence-corrected chi connectivity index (χ4v) is 3.46. The molecule has 0 amide bonds. The molecule has 0 spiro atoms. The second-order valence-electron chi connectivity index (χ2n) is 5.90. The fourth-order valence-electron chi connectivity index (χ4n) is 2.40. The number of hydrogen-bond acceptors (Lipinski definition) is 4. The zero-order valence-electron chi connectivity index (χ0n) is 14.4. The first-order valence-electron chi connectivity index (χ1n) is 8.10. The van der Waals surface area contributed by atoms with Crippen molar-refractivity contribution in [3.63, 3.8) is 0 Å². The van der Waals surface area contributed by atoms with Crippen molar-refractivity contribution in [3.8, 4) is 0 Å². The van der Waals surface area contributed by atoms with Gasteiger partial charge in [0.15, 0.2) is 5.78 Å². The number of anilines is 3. The maximum atomic E-state index is 12.9. The van der Waals surface area contributed by atoms with Crippen LogP contribution in [0.15, 0.2) is 77.7 Å². The van der Waals surface area contributed by atoms with Gasteiger partial charge >= 0.3 is 0 Å². The predicted octanol–water partition coefficient (Wildman–Crippen LogP) is 4.57. The lowest BCUT2D eigenvalue weighted by molar-refractivity contribution is 0.101. The first-order valence-corrected chi connectivity index (χ1v) is 9.58. The van der Waals surface area contributed by atoms with Gasteiger partial charge in [-0.2, -0.15) is 0 Å². The average molecular weight is 384 g/mol. The smallest absolute Gasteiger partial charge is 0.261 e. The Morgan fingerprint density at radius 1 is 0.778 bits per heavy atom. The highest BCUT2D eigenvalue weighted by Crippen LogP contribution is 2.21. The number of sulfonamides is 1. The first-order chi connectivity index (χ1) is 12.8. The lowest BCUT2D eigenvalue weighted by Gasteiger charge is -2.10. The molecule has 0 atom stereocenters. The van der Waals surface area contributed by atoms with Crippen molar-refractivity contribution in [2.24, 2.45) is 0 Å². The zero-order chi connectivity index (χ0) is 19.4. The summed E-state index contributed by atoms with van der Waals surface area (Å²) < 4.78 is 40.0. The number of rotatable bonds is 6.